The highest BCUT2D eigenvalue weighted by atomic mass is 35.5. The van der Waals surface area contributed by atoms with Crippen molar-refractivity contribution in [2.24, 2.45) is 0 Å². The Bertz CT molecular complexity index is 462. The molecule has 0 fully saturated rings. The van der Waals surface area contributed by atoms with Gasteiger partial charge in [0.05, 0.1) is 5.02 Å². The van der Waals surface area contributed by atoms with Gasteiger partial charge in [0.1, 0.15) is 11.3 Å². The van der Waals surface area contributed by atoms with Crippen molar-refractivity contribution >= 4 is 22.5 Å². The molecule has 2 aromatic rings. The molecule has 0 radical (unpaired) electrons. The molecule has 1 heterocycles. The van der Waals surface area contributed by atoms with Crippen LogP contribution in [0.5, 0.6) is 0 Å². The number of pyridine rings is 1. The smallest absolute Gasteiger partial charge is 0.149 e. The highest BCUT2D eigenvalue weighted by Gasteiger charge is 2.03. The average Bonchev–Trinajstić information content (AvgIpc) is 2.02. The molecule has 1 aromatic heterocycles. The van der Waals surface area contributed by atoms with Crippen LogP contribution in [0.2, 0.25) is 5.02 Å². The first-order chi connectivity index (χ1) is 6.16. The highest BCUT2D eigenvalue weighted by Crippen LogP contribution is 2.20. The van der Waals surface area contributed by atoms with E-state index in [0.717, 1.165) is 10.9 Å². The zero-order valence-electron chi connectivity index (χ0n) is 7.01. The molecule has 0 saturated carbocycles. The Balaban J connectivity index is 2.86. The van der Waals surface area contributed by atoms with Crippen LogP contribution in [-0.4, -0.2) is 4.98 Å². The third-order valence-corrected chi connectivity index (χ3v) is 2.05. The van der Waals surface area contributed by atoms with Gasteiger partial charge in [0.25, 0.3) is 0 Å². The van der Waals surface area contributed by atoms with Crippen molar-refractivity contribution in [3.63, 3.8) is 0 Å². The maximum absolute atomic E-state index is 13.3. The van der Waals surface area contributed by atoms with Gasteiger partial charge < -0.3 is 0 Å². The fourth-order valence-corrected chi connectivity index (χ4v) is 1.49. The summed E-state index contributed by atoms with van der Waals surface area (Å²) in [4.78, 5) is 3.91. The lowest BCUT2D eigenvalue weighted by molar-refractivity contribution is 0.635. The second-order valence-electron chi connectivity index (χ2n) is 2.97. The van der Waals surface area contributed by atoms with Gasteiger partial charge in [-0.15, -0.1) is 0 Å². The van der Waals surface area contributed by atoms with E-state index in [1.54, 1.807) is 6.07 Å². The molecule has 0 bridgehead atoms. The first kappa shape index (κ1) is 8.45. The van der Waals surface area contributed by atoms with Crippen LogP contribution in [0.15, 0.2) is 24.4 Å². The van der Waals surface area contributed by atoms with E-state index >= 15 is 0 Å². The van der Waals surface area contributed by atoms with Crippen molar-refractivity contribution in [2.45, 2.75) is 6.92 Å². The monoisotopic (exact) mass is 195 g/mol. The van der Waals surface area contributed by atoms with E-state index in [-0.39, 0.29) is 5.82 Å². The molecule has 66 valence electrons. The first-order valence-corrected chi connectivity index (χ1v) is 4.26. The van der Waals surface area contributed by atoms with Gasteiger partial charge in [-0.05, 0) is 30.7 Å². The Morgan fingerprint density at radius 3 is 2.85 bits per heavy atom. The lowest BCUT2D eigenvalue weighted by atomic mass is 10.1. The molecule has 1 nitrogen and oxygen atoms in total. The van der Waals surface area contributed by atoms with E-state index in [1.165, 1.54) is 12.3 Å². The lowest BCUT2D eigenvalue weighted by Gasteiger charge is -2.00. The predicted octanol–water partition coefficient (Wildman–Crippen LogP) is 3.34. The third kappa shape index (κ3) is 1.49. The van der Waals surface area contributed by atoms with E-state index in [2.05, 4.69) is 4.98 Å². The van der Waals surface area contributed by atoms with Gasteiger partial charge >= 0.3 is 0 Å². The standard InChI is InChI=1S/C10H7ClFN/c1-6-2-7-4-8(11)5-13-10(7)9(12)3-6/h2-5H,1H3. The second kappa shape index (κ2) is 2.96. The van der Waals surface area contributed by atoms with E-state index < -0.39 is 0 Å². The Morgan fingerprint density at radius 1 is 1.31 bits per heavy atom. The topological polar surface area (TPSA) is 12.9 Å². The van der Waals surface area contributed by atoms with Crippen molar-refractivity contribution in [2.75, 3.05) is 0 Å². The predicted molar refractivity (Wildman–Crippen MR) is 51.4 cm³/mol. The Hall–Kier alpha value is -1.15. The van der Waals surface area contributed by atoms with Crippen LogP contribution in [-0.2, 0) is 0 Å². The average molecular weight is 196 g/mol. The summed E-state index contributed by atoms with van der Waals surface area (Å²) in [6.07, 6.45) is 1.45. The quantitative estimate of drug-likeness (QED) is 0.628. The van der Waals surface area contributed by atoms with Gasteiger partial charge in [0.15, 0.2) is 0 Å². The van der Waals surface area contributed by atoms with Crippen LogP contribution in [0.3, 0.4) is 0 Å². The van der Waals surface area contributed by atoms with Gasteiger partial charge in [0, 0.05) is 11.6 Å². The normalized spacial score (nSPS) is 10.7. The Labute approximate surface area is 80.2 Å². The summed E-state index contributed by atoms with van der Waals surface area (Å²) in [6.45, 7) is 1.84. The number of rotatable bonds is 0. The molecular formula is C10H7ClFN. The molecular weight excluding hydrogens is 189 g/mol. The van der Waals surface area contributed by atoms with Crippen molar-refractivity contribution in [3.05, 3.63) is 40.8 Å². The van der Waals surface area contributed by atoms with Crippen molar-refractivity contribution in [1.82, 2.24) is 4.98 Å². The lowest BCUT2D eigenvalue weighted by Crippen LogP contribution is -1.85. The summed E-state index contributed by atoms with van der Waals surface area (Å²) in [5.41, 5.74) is 1.24. The molecule has 1 aromatic carbocycles. The Morgan fingerprint density at radius 2 is 2.08 bits per heavy atom. The zero-order valence-corrected chi connectivity index (χ0v) is 7.77. The minimum atomic E-state index is -0.299. The zero-order chi connectivity index (χ0) is 9.42. The van der Waals surface area contributed by atoms with E-state index in [4.69, 9.17) is 11.6 Å². The number of fused-ring (bicyclic) bond motifs is 1. The summed E-state index contributed by atoms with van der Waals surface area (Å²) in [6, 6.07) is 5.03. The molecule has 2 rings (SSSR count). The maximum atomic E-state index is 13.3. The summed E-state index contributed by atoms with van der Waals surface area (Å²) >= 11 is 5.74. The molecule has 0 aliphatic rings. The van der Waals surface area contributed by atoms with Crippen LogP contribution < -0.4 is 0 Å². The largest absolute Gasteiger partial charge is 0.252 e. The molecule has 0 atom stereocenters. The summed E-state index contributed by atoms with van der Waals surface area (Å²) in [5.74, 6) is -0.299. The van der Waals surface area contributed by atoms with Gasteiger partial charge in [-0.2, -0.15) is 0 Å². The van der Waals surface area contributed by atoms with E-state index in [1.807, 2.05) is 13.0 Å². The van der Waals surface area contributed by atoms with Gasteiger partial charge in [-0.3, -0.25) is 4.98 Å². The fourth-order valence-electron chi connectivity index (χ4n) is 1.32. The van der Waals surface area contributed by atoms with Gasteiger partial charge in [-0.25, -0.2) is 4.39 Å². The molecule has 0 aliphatic heterocycles. The minimum Gasteiger partial charge on any atom is -0.252 e. The molecule has 13 heavy (non-hydrogen) atoms. The molecule has 0 unspecified atom stereocenters. The number of hydrogen-bond donors (Lipinski definition) is 0. The maximum Gasteiger partial charge on any atom is 0.149 e. The number of hydrogen-bond acceptors (Lipinski definition) is 1. The van der Waals surface area contributed by atoms with E-state index in [9.17, 15) is 4.39 Å². The minimum absolute atomic E-state index is 0.299. The molecule has 0 N–H and O–H groups in total. The molecule has 0 saturated heterocycles. The number of benzene rings is 1. The van der Waals surface area contributed by atoms with Crippen LogP contribution in [0.25, 0.3) is 10.9 Å². The number of nitrogens with zero attached hydrogens (tertiary/aromatic N) is 1. The van der Waals surface area contributed by atoms with Gasteiger partial charge in [0.2, 0.25) is 0 Å². The molecule has 3 heteroatoms. The van der Waals surface area contributed by atoms with Crippen molar-refractivity contribution in [3.8, 4) is 0 Å². The number of aromatic nitrogens is 1. The second-order valence-corrected chi connectivity index (χ2v) is 3.41. The molecule has 0 spiro atoms. The van der Waals surface area contributed by atoms with Crippen molar-refractivity contribution < 1.29 is 4.39 Å². The summed E-state index contributed by atoms with van der Waals surface area (Å²) in [7, 11) is 0. The van der Waals surface area contributed by atoms with E-state index in [0.29, 0.717) is 10.5 Å². The summed E-state index contributed by atoms with van der Waals surface area (Å²) < 4.78 is 13.3. The van der Waals surface area contributed by atoms with Crippen LogP contribution >= 0.6 is 11.6 Å². The number of aryl methyl sites for hydroxylation is 1. The molecule has 0 aliphatic carbocycles. The van der Waals surface area contributed by atoms with Crippen LogP contribution in [0.4, 0.5) is 4.39 Å². The van der Waals surface area contributed by atoms with Crippen molar-refractivity contribution in [1.29, 1.82) is 0 Å². The third-order valence-electron chi connectivity index (χ3n) is 1.85. The fraction of sp³-hybridized carbons (Fsp3) is 0.100. The SMILES string of the molecule is Cc1cc(F)c2ncc(Cl)cc2c1. The van der Waals surface area contributed by atoms with Gasteiger partial charge in [-0.1, -0.05) is 11.6 Å². The highest BCUT2D eigenvalue weighted by molar-refractivity contribution is 6.31. The molecule has 0 amide bonds. The first-order valence-electron chi connectivity index (χ1n) is 3.88. The number of halogens is 2. The summed E-state index contributed by atoms with van der Waals surface area (Å²) in [5, 5.41) is 1.27. The van der Waals surface area contributed by atoms with Crippen LogP contribution in [0.1, 0.15) is 5.56 Å². The van der Waals surface area contributed by atoms with Crippen LogP contribution in [0, 0.1) is 12.7 Å². The Kier molecular flexibility index (Phi) is 1.93.